The second-order valence-electron chi connectivity index (χ2n) is 4.65. The summed E-state index contributed by atoms with van der Waals surface area (Å²) in [5.41, 5.74) is 9.20. The molecule has 0 unspecified atom stereocenters. The number of nitrogens with zero attached hydrogens (tertiary/aromatic N) is 1. The Bertz CT molecular complexity index is 737. The van der Waals surface area contributed by atoms with Crippen LogP contribution in [0.5, 0.6) is 5.75 Å². The topological polar surface area (TPSA) is 63.9 Å². The number of nitrogens with two attached hydrogens (primary N) is 1. The highest BCUT2D eigenvalue weighted by Crippen LogP contribution is 2.21. The van der Waals surface area contributed by atoms with Crippen molar-refractivity contribution in [3.63, 3.8) is 0 Å². The van der Waals surface area contributed by atoms with Crippen LogP contribution in [0.3, 0.4) is 0 Å². The molecule has 3 N–H and O–H groups in total. The molecule has 0 spiro atoms. The molecule has 1 aromatic heterocycles. The fraction of sp³-hybridized carbons (Fsp3) is 0.0625. The van der Waals surface area contributed by atoms with Crippen molar-refractivity contribution >= 4 is 17.3 Å². The molecule has 106 valence electrons. The van der Waals surface area contributed by atoms with Gasteiger partial charge in [-0.3, -0.25) is 5.10 Å². The maximum Gasteiger partial charge on any atom is 0.130 e. The molecule has 0 atom stereocenters. The fourth-order valence-corrected chi connectivity index (χ4v) is 2.10. The number of halogens is 1. The Kier molecular flexibility index (Phi) is 3.79. The first-order valence-corrected chi connectivity index (χ1v) is 6.87. The number of nitrogens with one attached hydrogen (secondary N) is 1. The van der Waals surface area contributed by atoms with Gasteiger partial charge in [-0.05, 0) is 42.5 Å². The van der Waals surface area contributed by atoms with Crippen LogP contribution in [0.1, 0.15) is 5.69 Å². The molecule has 0 aliphatic carbocycles. The van der Waals surface area contributed by atoms with Gasteiger partial charge in [0.25, 0.3) is 0 Å². The number of ether oxygens (including phenoxy) is 1. The Morgan fingerprint density at radius 2 is 1.90 bits per heavy atom. The van der Waals surface area contributed by atoms with Crippen molar-refractivity contribution < 1.29 is 4.74 Å². The predicted octanol–water partition coefficient (Wildman–Crippen LogP) is 3.89. The molecular formula is C16H14ClN3O. The van der Waals surface area contributed by atoms with Crippen LogP contribution >= 0.6 is 11.6 Å². The van der Waals surface area contributed by atoms with Crippen LogP contribution < -0.4 is 10.5 Å². The van der Waals surface area contributed by atoms with E-state index in [2.05, 4.69) is 10.2 Å². The normalized spacial score (nSPS) is 10.5. The van der Waals surface area contributed by atoms with Crippen LogP contribution in [-0.2, 0) is 6.61 Å². The number of aromatic amines is 1. The van der Waals surface area contributed by atoms with E-state index in [4.69, 9.17) is 22.1 Å². The van der Waals surface area contributed by atoms with Crippen molar-refractivity contribution in [2.45, 2.75) is 6.61 Å². The molecule has 0 bridgehead atoms. The van der Waals surface area contributed by atoms with Crippen LogP contribution in [0.2, 0.25) is 5.02 Å². The zero-order valence-electron chi connectivity index (χ0n) is 11.2. The Labute approximate surface area is 127 Å². The van der Waals surface area contributed by atoms with E-state index in [1.807, 2.05) is 42.5 Å². The number of H-pyrrole nitrogens is 1. The zero-order chi connectivity index (χ0) is 14.7. The van der Waals surface area contributed by atoms with E-state index in [0.29, 0.717) is 11.6 Å². The summed E-state index contributed by atoms with van der Waals surface area (Å²) in [7, 11) is 0. The van der Waals surface area contributed by atoms with Crippen molar-refractivity contribution in [1.29, 1.82) is 0 Å². The standard InChI is InChI=1S/C16H14ClN3O/c17-12-4-6-15(7-5-12)21-10-14-9-16(20-19-14)11-2-1-3-13(18)8-11/h1-9H,10,18H2,(H,19,20). The van der Waals surface area contributed by atoms with Gasteiger partial charge < -0.3 is 10.5 Å². The van der Waals surface area contributed by atoms with Crippen molar-refractivity contribution in [2.75, 3.05) is 5.73 Å². The van der Waals surface area contributed by atoms with Gasteiger partial charge in [-0.25, -0.2) is 0 Å². The second-order valence-corrected chi connectivity index (χ2v) is 5.08. The molecule has 21 heavy (non-hydrogen) atoms. The van der Waals surface area contributed by atoms with E-state index in [-0.39, 0.29) is 0 Å². The summed E-state index contributed by atoms with van der Waals surface area (Å²) in [6, 6.07) is 16.8. The number of aromatic nitrogens is 2. The van der Waals surface area contributed by atoms with Crippen LogP contribution in [-0.4, -0.2) is 10.2 Å². The first kappa shape index (κ1) is 13.5. The van der Waals surface area contributed by atoms with E-state index in [9.17, 15) is 0 Å². The molecule has 2 aromatic carbocycles. The Balaban J connectivity index is 1.69. The van der Waals surface area contributed by atoms with E-state index in [1.54, 1.807) is 12.1 Å². The molecule has 4 nitrogen and oxygen atoms in total. The molecule has 0 saturated carbocycles. The molecule has 0 saturated heterocycles. The van der Waals surface area contributed by atoms with E-state index >= 15 is 0 Å². The van der Waals surface area contributed by atoms with Crippen molar-refractivity contribution in [2.24, 2.45) is 0 Å². The van der Waals surface area contributed by atoms with Crippen LogP contribution in [0.15, 0.2) is 54.6 Å². The summed E-state index contributed by atoms with van der Waals surface area (Å²) < 4.78 is 5.67. The maximum absolute atomic E-state index is 5.83. The first-order chi connectivity index (χ1) is 10.2. The highest BCUT2D eigenvalue weighted by atomic mass is 35.5. The lowest BCUT2D eigenvalue weighted by Gasteiger charge is -2.03. The van der Waals surface area contributed by atoms with Crippen LogP contribution in [0.25, 0.3) is 11.3 Å². The van der Waals surface area contributed by atoms with Crippen LogP contribution in [0, 0.1) is 0 Å². The highest BCUT2D eigenvalue weighted by molar-refractivity contribution is 6.30. The number of benzene rings is 2. The number of rotatable bonds is 4. The molecular weight excluding hydrogens is 286 g/mol. The highest BCUT2D eigenvalue weighted by Gasteiger charge is 2.05. The fourth-order valence-electron chi connectivity index (χ4n) is 1.97. The van der Waals surface area contributed by atoms with Gasteiger partial charge in [-0.15, -0.1) is 0 Å². The number of nitrogen functional groups attached to an aromatic ring is 1. The van der Waals surface area contributed by atoms with E-state index in [0.717, 1.165) is 28.4 Å². The van der Waals surface area contributed by atoms with Gasteiger partial charge in [0.05, 0.1) is 11.4 Å². The minimum absolute atomic E-state index is 0.414. The summed E-state index contributed by atoms with van der Waals surface area (Å²) in [5.74, 6) is 0.763. The molecule has 3 rings (SSSR count). The van der Waals surface area contributed by atoms with Gasteiger partial charge in [0.15, 0.2) is 0 Å². The third-order valence-corrected chi connectivity index (χ3v) is 3.27. The lowest BCUT2D eigenvalue weighted by molar-refractivity contribution is 0.301. The van der Waals surface area contributed by atoms with E-state index < -0.39 is 0 Å². The average molecular weight is 300 g/mol. The molecule has 0 amide bonds. The predicted molar refractivity (Wildman–Crippen MR) is 84.2 cm³/mol. The monoisotopic (exact) mass is 299 g/mol. The molecule has 0 aliphatic rings. The van der Waals surface area contributed by atoms with Crippen molar-refractivity contribution in [3.8, 4) is 17.0 Å². The zero-order valence-corrected chi connectivity index (χ0v) is 12.0. The quantitative estimate of drug-likeness (QED) is 0.718. The summed E-state index contributed by atoms with van der Waals surface area (Å²) >= 11 is 5.83. The van der Waals surface area contributed by atoms with Crippen molar-refractivity contribution in [1.82, 2.24) is 10.2 Å². The number of hydrogen-bond acceptors (Lipinski definition) is 3. The first-order valence-electron chi connectivity index (χ1n) is 6.49. The SMILES string of the molecule is Nc1cccc(-c2cc(COc3ccc(Cl)cc3)[nH]n2)c1. The summed E-state index contributed by atoms with van der Waals surface area (Å²) in [5, 5.41) is 7.92. The van der Waals surface area contributed by atoms with Gasteiger partial charge in [0.1, 0.15) is 12.4 Å². The molecule has 3 aromatic rings. The van der Waals surface area contributed by atoms with Gasteiger partial charge in [0.2, 0.25) is 0 Å². The Morgan fingerprint density at radius 1 is 1.10 bits per heavy atom. The molecule has 0 fully saturated rings. The van der Waals surface area contributed by atoms with Gasteiger partial charge in [-0.1, -0.05) is 23.7 Å². The smallest absolute Gasteiger partial charge is 0.130 e. The summed E-state index contributed by atoms with van der Waals surface area (Å²) in [6.07, 6.45) is 0. The summed E-state index contributed by atoms with van der Waals surface area (Å²) in [6.45, 7) is 0.414. The third kappa shape index (κ3) is 3.35. The van der Waals surface area contributed by atoms with Gasteiger partial charge >= 0.3 is 0 Å². The Hall–Kier alpha value is -2.46. The maximum atomic E-state index is 5.83. The molecule has 0 aliphatic heterocycles. The molecule has 5 heteroatoms. The minimum atomic E-state index is 0.414. The average Bonchev–Trinajstić information content (AvgIpc) is 2.96. The lowest BCUT2D eigenvalue weighted by Crippen LogP contribution is -1.95. The van der Waals surface area contributed by atoms with Gasteiger partial charge in [-0.2, -0.15) is 5.10 Å². The summed E-state index contributed by atoms with van der Waals surface area (Å²) in [4.78, 5) is 0. The lowest BCUT2D eigenvalue weighted by atomic mass is 10.1. The largest absolute Gasteiger partial charge is 0.487 e. The van der Waals surface area contributed by atoms with E-state index in [1.165, 1.54) is 0 Å². The number of hydrogen-bond donors (Lipinski definition) is 2. The van der Waals surface area contributed by atoms with Gasteiger partial charge in [0, 0.05) is 16.3 Å². The molecule has 1 heterocycles. The van der Waals surface area contributed by atoms with Crippen molar-refractivity contribution in [3.05, 3.63) is 65.3 Å². The third-order valence-electron chi connectivity index (χ3n) is 3.02. The molecule has 0 radical (unpaired) electrons. The minimum Gasteiger partial charge on any atom is -0.487 e. The Morgan fingerprint density at radius 3 is 2.67 bits per heavy atom. The second kappa shape index (κ2) is 5.89. The number of anilines is 1. The van der Waals surface area contributed by atoms with Crippen LogP contribution in [0.4, 0.5) is 5.69 Å².